The van der Waals surface area contributed by atoms with Gasteiger partial charge in [0.25, 0.3) is 0 Å². The predicted molar refractivity (Wildman–Crippen MR) is 120 cm³/mol. The first kappa shape index (κ1) is 20.7. The Kier molecular flexibility index (Phi) is 5.79. The van der Waals surface area contributed by atoms with Crippen LogP contribution in [0.2, 0.25) is 0 Å². The molecule has 4 aromatic rings. The minimum absolute atomic E-state index is 0.0470. The molecule has 0 bridgehead atoms. The summed E-state index contributed by atoms with van der Waals surface area (Å²) in [7, 11) is 0. The Labute approximate surface area is 180 Å². The summed E-state index contributed by atoms with van der Waals surface area (Å²) in [6.07, 6.45) is 0. The zero-order chi connectivity index (χ0) is 22.0. The third-order valence-corrected chi connectivity index (χ3v) is 5.10. The highest BCUT2D eigenvalue weighted by molar-refractivity contribution is 5.70. The second-order valence-corrected chi connectivity index (χ2v) is 8.47. The van der Waals surface area contributed by atoms with E-state index < -0.39 is 0 Å². The maximum absolute atomic E-state index is 12.9. The fraction of sp³-hybridized carbons (Fsp3) is 0.348. The molecule has 0 saturated heterocycles. The fourth-order valence-electron chi connectivity index (χ4n) is 3.61. The van der Waals surface area contributed by atoms with Crippen molar-refractivity contribution in [1.29, 1.82) is 0 Å². The van der Waals surface area contributed by atoms with E-state index >= 15 is 0 Å². The van der Waals surface area contributed by atoms with Crippen LogP contribution in [0.1, 0.15) is 45.0 Å². The lowest BCUT2D eigenvalue weighted by Gasteiger charge is -2.09. The van der Waals surface area contributed by atoms with Crippen molar-refractivity contribution >= 4 is 0 Å². The number of rotatable bonds is 7. The van der Waals surface area contributed by atoms with Crippen LogP contribution < -0.4 is 5.69 Å². The van der Waals surface area contributed by atoms with Gasteiger partial charge in [0, 0.05) is 18.0 Å². The summed E-state index contributed by atoms with van der Waals surface area (Å²) >= 11 is 0. The van der Waals surface area contributed by atoms with Gasteiger partial charge in [-0.1, -0.05) is 70.2 Å². The topological polar surface area (TPSA) is 94.3 Å². The van der Waals surface area contributed by atoms with Crippen molar-refractivity contribution in [3.8, 4) is 22.5 Å². The fourth-order valence-corrected chi connectivity index (χ4v) is 3.61. The van der Waals surface area contributed by atoms with E-state index in [9.17, 15) is 4.79 Å². The lowest BCUT2D eigenvalue weighted by molar-refractivity contribution is 0.464. The van der Waals surface area contributed by atoms with Crippen molar-refractivity contribution < 1.29 is 0 Å². The summed E-state index contributed by atoms with van der Waals surface area (Å²) in [5.74, 6) is 1.93. The second kappa shape index (κ2) is 8.67. The molecule has 0 spiro atoms. The summed E-state index contributed by atoms with van der Waals surface area (Å²) in [5, 5.41) is 18.8. The van der Waals surface area contributed by atoms with Crippen molar-refractivity contribution in [3.05, 3.63) is 70.4 Å². The summed E-state index contributed by atoms with van der Waals surface area (Å²) in [5.41, 5.74) is 4.07. The Morgan fingerprint density at radius 2 is 1.71 bits per heavy atom. The van der Waals surface area contributed by atoms with Gasteiger partial charge in [0.05, 0.1) is 6.54 Å². The van der Waals surface area contributed by atoms with E-state index in [0.29, 0.717) is 24.8 Å². The number of hydrogen-bond acceptors (Lipinski definition) is 5. The summed E-state index contributed by atoms with van der Waals surface area (Å²) in [6.45, 7) is 9.45. The molecule has 2 aromatic carbocycles. The van der Waals surface area contributed by atoms with E-state index in [4.69, 9.17) is 0 Å². The monoisotopic (exact) mass is 417 g/mol. The van der Waals surface area contributed by atoms with E-state index in [2.05, 4.69) is 83.7 Å². The van der Waals surface area contributed by atoms with Gasteiger partial charge in [0.15, 0.2) is 0 Å². The van der Waals surface area contributed by atoms with E-state index in [1.54, 1.807) is 9.25 Å². The van der Waals surface area contributed by atoms with Crippen molar-refractivity contribution in [2.45, 2.75) is 46.7 Å². The molecular weight excluding hydrogens is 390 g/mol. The Hall–Kier alpha value is -3.55. The minimum Gasteiger partial charge on any atom is -0.274 e. The summed E-state index contributed by atoms with van der Waals surface area (Å²) in [6, 6.07) is 16.3. The van der Waals surface area contributed by atoms with Crippen LogP contribution >= 0.6 is 0 Å². The van der Waals surface area contributed by atoms with Crippen LogP contribution in [0.5, 0.6) is 0 Å². The molecule has 0 atom stereocenters. The van der Waals surface area contributed by atoms with Crippen LogP contribution in [0.4, 0.5) is 0 Å². The molecule has 2 aromatic heterocycles. The normalized spacial score (nSPS) is 11.5. The first-order valence-corrected chi connectivity index (χ1v) is 10.5. The summed E-state index contributed by atoms with van der Waals surface area (Å²) < 4.78 is 3.39. The van der Waals surface area contributed by atoms with Crippen LogP contribution in [0.3, 0.4) is 0 Å². The van der Waals surface area contributed by atoms with E-state index in [-0.39, 0.29) is 11.6 Å². The maximum Gasteiger partial charge on any atom is 0.346 e. The quantitative estimate of drug-likeness (QED) is 0.495. The zero-order valence-corrected chi connectivity index (χ0v) is 18.3. The number of aromatic amines is 1. The van der Waals surface area contributed by atoms with Gasteiger partial charge in [0.1, 0.15) is 5.82 Å². The number of tetrazole rings is 1. The molecular formula is C23H27N7O. The molecule has 2 heterocycles. The number of H-pyrrole nitrogens is 1. The smallest absolute Gasteiger partial charge is 0.274 e. The molecule has 160 valence electrons. The average molecular weight is 418 g/mol. The van der Waals surface area contributed by atoms with Gasteiger partial charge in [0.2, 0.25) is 5.82 Å². The maximum atomic E-state index is 12.9. The molecule has 0 radical (unpaired) electrons. The summed E-state index contributed by atoms with van der Waals surface area (Å²) in [4.78, 5) is 12.9. The van der Waals surface area contributed by atoms with Crippen molar-refractivity contribution in [2.24, 2.45) is 5.92 Å². The molecule has 0 saturated carbocycles. The van der Waals surface area contributed by atoms with Gasteiger partial charge >= 0.3 is 5.69 Å². The minimum atomic E-state index is -0.0470. The van der Waals surface area contributed by atoms with Gasteiger partial charge in [-0.05, 0) is 33.9 Å². The average Bonchev–Trinajstić information content (AvgIpc) is 3.39. The highest BCUT2D eigenvalue weighted by Gasteiger charge is 2.17. The SMILES string of the molecule is CC(C)Cn1nc(C(C)C)n(Cc2ccc(-c3cccc(-c4nn[nH]n4)c3)cc2)c1=O. The number of hydrogen-bond donors (Lipinski definition) is 1. The first-order valence-electron chi connectivity index (χ1n) is 10.5. The highest BCUT2D eigenvalue weighted by atomic mass is 16.2. The molecule has 0 fully saturated rings. The second-order valence-electron chi connectivity index (χ2n) is 8.47. The van der Waals surface area contributed by atoms with Gasteiger partial charge < -0.3 is 0 Å². The van der Waals surface area contributed by atoms with Crippen LogP contribution in [-0.4, -0.2) is 35.0 Å². The lowest BCUT2D eigenvalue weighted by Crippen LogP contribution is -2.27. The Morgan fingerprint density at radius 1 is 0.968 bits per heavy atom. The number of nitrogens with zero attached hydrogens (tertiary/aromatic N) is 6. The van der Waals surface area contributed by atoms with Crippen molar-refractivity contribution in [1.82, 2.24) is 35.0 Å². The van der Waals surface area contributed by atoms with Gasteiger partial charge in [-0.25, -0.2) is 9.48 Å². The largest absolute Gasteiger partial charge is 0.346 e. The van der Waals surface area contributed by atoms with Crippen LogP contribution in [0.25, 0.3) is 22.5 Å². The Bertz CT molecular complexity index is 1200. The van der Waals surface area contributed by atoms with Crippen LogP contribution in [0, 0.1) is 5.92 Å². The number of aromatic nitrogens is 7. The molecule has 0 aliphatic rings. The standard InChI is InChI=1S/C23H27N7O/c1-15(2)13-30-23(31)29(22(26-30)16(3)4)14-17-8-10-18(11-9-17)19-6-5-7-20(12-19)21-24-27-28-25-21/h5-12,15-16H,13-14H2,1-4H3,(H,24,25,27,28). The third-order valence-electron chi connectivity index (χ3n) is 5.10. The van der Waals surface area contributed by atoms with Crippen LogP contribution in [0.15, 0.2) is 53.3 Å². The molecule has 0 unspecified atom stereocenters. The Morgan fingerprint density at radius 3 is 2.35 bits per heavy atom. The highest BCUT2D eigenvalue weighted by Crippen LogP contribution is 2.25. The molecule has 0 amide bonds. The number of nitrogens with one attached hydrogen (secondary N) is 1. The van der Waals surface area contributed by atoms with Crippen molar-refractivity contribution in [2.75, 3.05) is 0 Å². The molecule has 8 heteroatoms. The molecule has 0 aliphatic carbocycles. The van der Waals surface area contributed by atoms with Gasteiger partial charge in [-0.15, -0.1) is 10.2 Å². The molecule has 4 rings (SSSR count). The molecule has 31 heavy (non-hydrogen) atoms. The zero-order valence-electron chi connectivity index (χ0n) is 18.3. The lowest BCUT2D eigenvalue weighted by atomic mass is 10.0. The van der Waals surface area contributed by atoms with E-state index in [1.165, 1.54) is 0 Å². The molecule has 0 aliphatic heterocycles. The predicted octanol–water partition coefficient (Wildman–Crippen LogP) is 3.72. The van der Waals surface area contributed by atoms with E-state index in [1.807, 2.05) is 18.2 Å². The van der Waals surface area contributed by atoms with Crippen LogP contribution in [-0.2, 0) is 13.1 Å². The van der Waals surface area contributed by atoms with Gasteiger partial charge in [-0.2, -0.15) is 10.3 Å². The van der Waals surface area contributed by atoms with E-state index in [0.717, 1.165) is 28.1 Å². The first-order chi connectivity index (χ1) is 14.9. The van der Waals surface area contributed by atoms with Crippen molar-refractivity contribution in [3.63, 3.8) is 0 Å². The van der Waals surface area contributed by atoms with Gasteiger partial charge in [-0.3, -0.25) is 4.57 Å². The third kappa shape index (κ3) is 4.47. The Balaban J connectivity index is 1.59. The molecule has 8 nitrogen and oxygen atoms in total. The number of benzene rings is 2. The molecule has 1 N–H and O–H groups in total.